The molecular weight excluding hydrogens is 282 g/mol. The van der Waals surface area contributed by atoms with Crippen LogP contribution in [-0.4, -0.2) is 5.11 Å². The van der Waals surface area contributed by atoms with Gasteiger partial charge in [0.05, 0.1) is 0 Å². The molecule has 3 atom stereocenters. The third kappa shape index (κ3) is 1.81. The van der Waals surface area contributed by atoms with Crippen molar-refractivity contribution in [1.29, 1.82) is 0 Å². The summed E-state index contributed by atoms with van der Waals surface area (Å²) in [5.41, 5.74) is 3.76. The van der Waals surface area contributed by atoms with E-state index in [1.165, 1.54) is 16.7 Å². The van der Waals surface area contributed by atoms with Crippen LogP contribution < -0.4 is 0 Å². The predicted octanol–water partition coefficient (Wildman–Crippen LogP) is 5.31. The molecule has 1 saturated carbocycles. The molecule has 3 aliphatic rings. The van der Waals surface area contributed by atoms with Crippen molar-refractivity contribution in [3.63, 3.8) is 0 Å². The second kappa shape index (κ2) is 4.68. The fourth-order valence-corrected chi connectivity index (χ4v) is 5.09. The van der Waals surface area contributed by atoms with Crippen molar-refractivity contribution in [2.45, 2.75) is 39.0 Å². The molecule has 0 unspecified atom stereocenters. The predicted molar refractivity (Wildman–Crippen MR) is 82.6 cm³/mol. The van der Waals surface area contributed by atoms with Crippen LogP contribution in [0.15, 0.2) is 35.9 Å². The molecule has 22 heavy (non-hydrogen) atoms. The molecule has 1 aromatic carbocycles. The molecule has 0 saturated heterocycles. The van der Waals surface area contributed by atoms with Crippen LogP contribution in [0.2, 0.25) is 0 Å². The largest absolute Gasteiger partial charge is 0.508 e. The van der Waals surface area contributed by atoms with E-state index in [-0.39, 0.29) is 5.41 Å². The lowest BCUT2D eigenvalue weighted by molar-refractivity contribution is 0.193. The number of phenolic OH excluding ortho intramolecular Hbond substituents is 1. The second-order valence-electron chi connectivity index (χ2n) is 7.15. The van der Waals surface area contributed by atoms with Crippen LogP contribution in [0.25, 0.3) is 5.57 Å². The zero-order chi connectivity index (χ0) is 15.5. The Morgan fingerprint density at radius 2 is 2.05 bits per heavy atom. The minimum atomic E-state index is -1.46. The van der Waals surface area contributed by atoms with Crippen molar-refractivity contribution >= 4 is 5.57 Å². The molecule has 116 valence electrons. The van der Waals surface area contributed by atoms with Crippen molar-refractivity contribution in [3.05, 3.63) is 47.1 Å². The van der Waals surface area contributed by atoms with E-state index in [9.17, 15) is 13.9 Å². The lowest BCUT2D eigenvalue weighted by Gasteiger charge is -2.44. The van der Waals surface area contributed by atoms with Gasteiger partial charge in [0.2, 0.25) is 0 Å². The minimum Gasteiger partial charge on any atom is -0.508 e. The average molecular weight is 302 g/mol. The molecule has 0 heterocycles. The first-order chi connectivity index (χ1) is 10.5. The molecule has 0 amide bonds. The van der Waals surface area contributed by atoms with Crippen LogP contribution in [0, 0.1) is 17.3 Å². The van der Waals surface area contributed by atoms with E-state index in [1.54, 1.807) is 6.07 Å². The summed E-state index contributed by atoms with van der Waals surface area (Å²) in [7, 11) is 0. The van der Waals surface area contributed by atoms with Crippen LogP contribution in [0.5, 0.6) is 5.75 Å². The van der Waals surface area contributed by atoms with Gasteiger partial charge in [-0.2, -0.15) is 8.78 Å². The van der Waals surface area contributed by atoms with E-state index in [2.05, 4.69) is 6.08 Å². The van der Waals surface area contributed by atoms with E-state index < -0.39 is 6.08 Å². The lowest BCUT2D eigenvalue weighted by atomic mass is 9.59. The summed E-state index contributed by atoms with van der Waals surface area (Å²) < 4.78 is 26.6. The van der Waals surface area contributed by atoms with Gasteiger partial charge in [-0.05, 0) is 72.8 Å². The molecular formula is C19H20F2O. The highest BCUT2D eigenvalue weighted by Crippen LogP contribution is 2.61. The molecule has 0 aromatic heterocycles. The maximum atomic E-state index is 13.3. The van der Waals surface area contributed by atoms with Gasteiger partial charge in [-0.15, -0.1) is 0 Å². The lowest BCUT2D eigenvalue weighted by Crippen LogP contribution is -2.35. The number of phenols is 1. The van der Waals surface area contributed by atoms with Gasteiger partial charge in [0.1, 0.15) is 5.75 Å². The Hall–Kier alpha value is -1.64. The van der Waals surface area contributed by atoms with Gasteiger partial charge in [-0.1, -0.05) is 19.1 Å². The summed E-state index contributed by atoms with van der Waals surface area (Å²) >= 11 is 0. The Morgan fingerprint density at radius 3 is 2.82 bits per heavy atom. The first kappa shape index (κ1) is 14.0. The minimum absolute atomic E-state index is 0.309. The number of hydrogen-bond acceptors (Lipinski definition) is 1. The Bertz CT molecular complexity index is 699. The fourth-order valence-electron chi connectivity index (χ4n) is 5.09. The SMILES string of the molecule is C[C@]12CC=C3c4ccc(O)cc4CC[C@H]3[C@@H]1CCC2=C(F)F. The fraction of sp³-hybridized carbons (Fsp3) is 0.474. The number of rotatable bonds is 0. The first-order valence-electron chi connectivity index (χ1n) is 8.07. The third-order valence-electron chi connectivity index (χ3n) is 6.20. The quantitative estimate of drug-likeness (QED) is 0.688. The van der Waals surface area contributed by atoms with Gasteiger partial charge in [0, 0.05) is 11.0 Å². The van der Waals surface area contributed by atoms with Gasteiger partial charge in [-0.3, -0.25) is 0 Å². The molecule has 0 spiro atoms. The number of aromatic hydroxyl groups is 1. The Kier molecular flexibility index (Phi) is 2.97. The summed E-state index contributed by atoms with van der Waals surface area (Å²) in [6.07, 6.45) is 4.78. The van der Waals surface area contributed by atoms with Crippen LogP contribution >= 0.6 is 0 Å². The Labute approximate surface area is 129 Å². The topological polar surface area (TPSA) is 20.2 Å². The maximum absolute atomic E-state index is 13.3. The molecule has 1 N–H and O–H groups in total. The number of aryl methyl sites for hydroxylation is 1. The highest BCUT2D eigenvalue weighted by Gasteiger charge is 2.51. The van der Waals surface area contributed by atoms with Crippen molar-refractivity contribution in [1.82, 2.24) is 0 Å². The average Bonchev–Trinajstić information content (AvgIpc) is 2.84. The first-order valence-corrected chi connectivity index (χ1v) is 8.07. The van der Waals surface area contributed by atoms with Gasteiger partial charge >= 0.3 is 0 Å². The van der Waals surface area contributed by atoms with Gasteiger partial charge in [0.25, 0.3) is 6.08 Å². The summed E-state index contributed by atoms with van der Waals surface area (Å²) in [6, 6.07) is 5.57. The standard InChI is InChI=1S/C19H20F2O/c1-19-9-8-14-13-5-3-12(22)10-11(13)2-4-15(14)16(19)6-7-17(19)18(20)21/h3,5,8,10,15-16,22H,2,4,6-7,9H2,1H3/t15-,16+,19+/m1/s1. The van der Waals surface area contributed by atoms with Gasteiger partial charge < -0.3 is 5.11 Å². The Balaban J connectivity index is 1.80. The summed E-state index contributed by atoms with van der Waals surface area (Å²) in [4.78, 5) is 0. The molecule has 1 fully saturated rings. The van der Waals surface area contributed by atoms with E-state index in [1.807, 2.05) is 19.1 Å². The molecule has 1 aromatic rings. The van der Waals surface area contributed by atoms with Crippen molar-refractivity contribution in [2.75, 3.05) is 0 Å². The van der Waals surface area contributed by atoms with Crippen molar-refractivity contribution in [2.24, 2.45) is 17.3 Å². The highest BCUT2D eigenvalue weighted by atomic mass is 19.3. The van der Waals surface area contributed by atoms with E-state index in [0.717, 1.165) is 19.3 Å². The van der Waals surface area contributed by atoms with E-state index in [4.69, 9.17) is 0 Å². The molecule has 0 bridgehead atoms. The second-order valence-corrected chi connectivity index (χ2v) is 7.15. The zero-order valence-electron chi connectivity index (χ0n) is 12.7. The van der Waals surface area contributed by atoms with Crippen LogP contribution in [0.1, 0.15) is 43.7 Å². The number of fused-ring (bicyclic) bond motifs is 5. The monoisotopic (exact) mass is 302 g/mol. The zero-order valence-corrected chi connectivity index (χ0v) is 12.7. The summed E-state index contributed by atoms with van der Waals surface area (Å²) in [5.74, 6) is 1.02. The molecule has 3 heteroatoms. The Morgan fingerprint density at radius 1 is 1.23 bits per heavy atom. The number of halogens is 2. The maximum Gasteiger partial charge on any atom is 0.270 e. The van der Waals surface area contributed by atoms with Crippen molar-refractivity contribution in [3.8, 4) is 5.75 Å². The smallest absolute Gasteiger partial charge is 0.270 e. The molecule has 0 aliphatic heterocycles. The van der Waals surface area contributed by atoms with E-state index >= 15 is 0 Å². The third-order valence-corrected chi connectivity index (χ3v) is 6.20. The van der Waals surface area contributed by atoms with Gasteiger partial charge in [0.15, 0.2) is 0 Å². The number of hydrogen-bond donors (Lipinski definition) is 1. The number of allylic oxidation sites excluding steroid dienone is 3. The van der Waals surface area contributed by atoms with Crippen LogP contribution in [-0.2, 0) is 6.42 Å². The van der Waals surface area contributed by atoms with Crippen LogP contribution in [0.4, 0.5) is 8.78 Å². The highest BCUT2D eigenvalue weighted by molar-refractivity contribution is 5.74. The summed E-state index contributed by atoms with van der Waals surface area (Å²) in [5, 5.41) is 9.66. The molecule has 3 aliphatic carbocycles. The van der Waals surface area contributed by atoms with Crippen LogP contribution in [0.3, 0.4) is 0 Å². The van der Waals surface area contributed by atoms with Crippen molar-refractivity contribution < 1.29 is 13.9 Å². The molecule has 4 rings (SSSR count). The van der Waals surface area contributed by atoms with E-state index in [0.29, 0.717) is 36.0 Å². The number of benzene rings is 1. The van der Waals surface area contributed by atoms with Gasteiger partial charge in [-0.25, -0.2) is 0 Å². The summed E-state index contributed by atoms with van der Waals surface area (Å²) in [6.45, 7) is 2.03. The molecule has 1 nitrogen and oxygen atoms in total. The normalized spacial score (nSPS) is 32.9. The molecule has 0 radical (unpaired) electrons.